The zero-order valence-corrected chi connectivity index (χ0v) is 13.9. The molecule has 0 bridgehead atoms. The molecule has 0 saturated carbocycles. The lowest BCUT2D eigenvalue weighted by Crippen LogP contribution is -2.32. The Balaban J connectivity index is 2.90. The summed E-state index contributed by atoms with van der Waals surface area (Å²) in [5.74, 6) is 0.140. The Bertz CT molecular complexity index is 395. The van der Waals surface area contributed by atoms with Crippen molar-refractivity contribution >= 4 is 44.4 Å². The number of halogens is 2. The van der Waals surface area contributed by atoms with Gasteiger partial charge in [-0.25, -0.2) is 0 Å². The van der Waals surface area contributed by atoms with Gasteiger partial charge in [-0.15, -0.1) is 0 Å². The number of carbonyl (C=O) groups excluding carboxylic acids is 1. The molecule has 0 heterocycles. The highest BCUT2D eigenvalue weighted by molar-refractivity contribution is 14.1. The summed E-state index contributed by atoms with van der Waals surface area (Å²) in [5.41, 5.74) is 1.98. The third kappa shape index (κ3) is 3.95. The lowest BCUT2D eigenvalue weighted by atomic mass is 10.1. The van der Waals surface area contributed by atoms with Gasteiger partial charge in [0.15, 0.2) is 0 Å². The maximum atomic E-state index is 12.4. The van der Waals surface area contributed by atoms with E-state index in [1.165, 1.54) is 0 Å². The molecular weight excluding hydrogens is 393 g/mol. The number of carbonyl (C=O) groups is 1. The van der Waals surface area contributed by atoms with E-state index in [0.29, 0.717) is 0 Å². The predicted molar refractivity (Wildman–Crippen MR) is 83.9 cm³/mol. The van der Waals surface area contributed by atoms with Crippen LogP contribution in [-0.2, 0) is 0 Å². The molecular formula is C13H17BrINO. The number of hydrogen-bond acceptors (Lipinski definition) is 1. The summed E-state index contributed by atoms with van der Waals surface area (Å²) in [5, 5.41) is 0.932. The van der Waals surface area contributed by atoms with Crippen LogP contribution in [0.2, 0.25) is 0 Å². The fraction of sp³-hybridized carbons (Fsp3) is 0.462. The van der Waals surface area contributed by atoms with Crippen molar-refractivity contribution in [3.63, 3.8) is 0 Å². The first kappa shape index (κ1) is 15.0. The fourth-order valence-corrected chi connectivity index (χ4v) is 2.48. The maximum Gasteiger partial charge on any atom is 0.254 e. The van der Waals surface area contributed by atoms with Crippen molar-refractivity contribution in [2.75, 3.05) is 18.4 Å². The van der Waals surface area contributed by atoms with E-state index in [1.54, 1.807) is 0 Å². The fourth-order valence-electron chi connectivity index (χ4n) is 1.64. The molecule has 0 radical (unpaired) electrons. The highest BCUT2D eigenvalue weighted by atomic mass is 127. The predicted octanol–water partition coefficient (Wildman–Crippen LogP) is 3.85. The summed E-state index contributed by atoms with van der Waals surface area (Å²) < 4.78 is 1.06. The number of alkyl halides is 1. The summed E-state index contributed by atoms with van der Waals surface area (Å²) >= 11 is 5.65. The molecule has 0 N–H and O–H groups in total. The van der Waals surface area contributed by atoms with Crippen LogP contribution in [0, 0.1) is 10.5 Å². The zero-order valence-electron chi connectivity index (χ0n) is 10.2. The van der Waals surface area contributed by atoms with E-state index in [1.807, 2.05) is 36.9 Å². The molecule has 0 atom stereocenters. The van der Waals surface area contributed by atoms with Crippen LogP contribution in [0.4, 0.5) is 0 Å². The average Bonchev–Trinajstić information content (AvgIpc) is 2.33. The molecule has 1 aromatic carbocycles. The standard InChI is InChI=1S/C13H17BrINO/c1-3-16(9-5-8-14)13(17)11-7-4-6-10(2)12(11)15/h4,6-7H,3,5,8-9H2,1-2H3. The molecule has 1 rings (SSSR count). The van der Waals surface area contributed by atoms with Crippen LogP contribution >= 0.6 is 38.5 Å². The molecule has 0 saturated heterocycles. The van der Waals surface area contributed by atoms with E-state index in [9.17, 15) is 4.79 Å². The molecule has 0 fully saturated rings. The average molecular weight is 410 g/mol. The van der Waals surface area contributed by atoms with Crippen LogP contribution in [0.3, 0.4) is 0 Å². The van der Waals surface area contributed by atoms with Gasteiger partial charge in [0.1, 0.15) is 0 Å². The Morgan fingerprint density at radius 1 is 1.47 bits per heavy atom. The third-order valence-electron chi connectivity index (χ3n) is 2.65. The van der Waals surface area contributed by atoms with Gasteiger partial charge in [-0.05, 0) is 54.5 Å². The van der Waals surface area contributed by atoms with E-state index in [0.717, 1.165) is 39.5 Å². The third-order valence-corrected chi connectivity index (χ3v) is 4.65. The summed E-state index contributed by atoms with van der Waals surface area (Å²) in [4.78, 5) is 14.3. The van der Waals surface area contributed by atoms with Crippen molar-refractivity contribution in [1.29, 1.82) is 0 Å². The smallest absolute Gasteiger partial charge is 0.254 e. The Morgan fingerprint density at radius 3 is 2.76 bits per heavy atom. The van der Waals surface area contributed by atoms with Crippen LogP contribution in [0.5, 0.6) is 0 Å². The second-order valence-corrected chi connectivity index (χ2v) is 5.74. The lowest BCUT2D eigenvalue weighted by Gasteiger charge is -2.21. The SMILES string of the molecule is CCN(CCCBr)C(=O)c1cccc(C)c1I. The molecule has 0 aliphatic rings. The number of nitrogens with zero attached hydrogens (tertiary/aromatic N) is 1. The molecule has 1 amide bonds. The molecule has 0 aliphatic carbocycles. The van der Waals surface area contributed by atoms with Crippen molar-refractivity contribution in [3.8, 4) is 0 Å². The second kappa shape index (κ2) is 7.36. The van der Waals surface area contributed by atoms with Crippen molar-refractivity contribution < 1.29 is 4.79 Å². The van der Waals surface area contributed by atoms with Crippen LogP contribution in [0.25, 0.3) is 0 Å². The van der Waals surface area contributed by atoms with Crippen LogP contribution in [0.1, 0.15) is 29.3 Å². The van der Waals surface area contributed by atoms with Crippen molar-refractivity contribution in [3.05, 3.63) is 32.9 Å². The number of rotatable bonds is 5. The summed E-state index contributed by atoms with van der Waals surface area (Å²) in [6.45, 7) is 5.63. The van der Waals surface area contributed by atoms with Gasteiger partial charge in [0.2, 0.25) is 0 Å². The highest BCUT2D eigenvalue weighted by Crippen LogP contribution is 2.18. The quantitative estimate of drug-likeness (QED) is 0.534. The van der Waals surface area contributed by atoms with E-state index in [-0.39, 0.29) is 5.91 Å². The first-order valence-corrected chi connectivity index (χ1v) is 7.92. The number of aryl methyl sites for hydroxylation is 1. The topological polar surface area (TPSA) is 20.3 Å². The van der Waals surface area contributed by atoms with Gasteiger partial charge in [-0.1, -0.05) is 28.1 Å². The molecule has 0 spiro atoms. The summed E-state index contributed by atoms with van der Waals surface area (Å²) in [6.07, 6.45) is 0.988. The van der Waals surface area contributed by atoms with Gasteiger partial charge in [0.25, 0.3) is 5.91 Å². The van der Waals surface area contributed by atoms with Gasteiger partial charge in [-0.2, -0.15) is 0 Å². The molecule has 4 heteroatoms. The van der Waals surface area contributed by atoms with Gasteiger partial charge in [0, 0.05) is 22.0 Å². The first-order chi connectivity index (χ1) is 8.11. The Labute approximate surface area is 125 Å². The van der Waals surface area contributed by atoms with Crippen molar-refractivity contribution in [2.45, 2.75) is 20.3 Å². The van der Waals surface area contributed by atoms with E-state index >= 15 is 0 Å². The van der Waals surface area contributed by atoms with Gasteiger partial charge < -0.3 is 4.90 Å². The van der Waals surface area contributed by atoms with Crippen molar-refractivity contribution in [2.24, 2.45) is 0 Å². The van der Waals surface area contributed by atoms with Crippen LogP contribution < -0.4 is 0 Å². The first-order valence-electron chi connectivity index (χ1n) is 5.72. The van der Waals surface area contributed by atoms with Crippen LogP contribution in [-0.4, -0.2) is 29.2 Å². The monoisotopic (exact) mass is 409 g/mol. The van der Waals surface area contributed by atoms with E-state index in [2.05, 4.69) is 38.5 Å². The Kier molecular flexibility index (Phi) is 6.48. The van der Waals surface area contributed by atoms with E-state index in [4.69, 9.17) is 0 Å². The minimum Gasteiger partial charge on any atom is -0.339 e. The minimum atomic E-state index is 0.140. The molecule has 94 valence electrons. The van der Waals surface area contributed by atoms with Crippen LogP contribution in [0.15, 0.2) is 18.2 Å². The largest absolute Gasteiger partial charge is 0.339 e. The summed E-state index contributed by atoms with van der Waals surface area (Å²) in [6, 6.07) is 5.89. The minimum absolute atomic E-state index is 0.140. The summed E-state index contributed by atoms with van der Waals surface area (Å²) in [7, 11) is 0. The Morgan fingerprint density at radius 2 is 2.18 bits per heavy atom. The number of benzene rings is 1. The molecule has 0 aromatic heterocycles. The second-order valence-electron chi connectivity index (χ2n) is 3.86. The maximum absolute atomic E-state index is 12.4. The normalized spacial score (nSPS) is 10.4. The molecule has 1 aromatic rings. The molecule has 0 aliphatic heterocycles. The number of hydrogen-bond donors (Lipinski definition) is 0. The zero-order chi connectivity index (χ0) is 12.8. The molecule has 0 unspecified atom stereocenters. The van der Waals surface area contributed by atoms with Crippen molar-refractivity contribution in [1.82, 2.24) is 4.90 Å². The van der Waals surface area contributed by atoms with E-state index < -0.39 is 0 Å². The Hall–Kier alpha value is -0.100. The lowest BCUT2D eigenvalue weighted by molar-refractivity contribution is 0.0764. The molecule has 2 nitrogen and oxygen atoms in total. The molecule has 17 heavy (non-hydrogen) atoms. The van der Waals surface area contributed by atoms with Gasteiger partial charge in [-0.3, -0.25) is 4.79 Å². The van der Waals surface area contributed by atoms with Gasteiger partial charge >= 0.3 is 0 Å². The highest BCUT2D eigenvalue weighted by Gasteiger charge is 2.16. The van der Waals surface area contributed by atoms with Gasteiger partial charge in [0.05, 0.1) is 5.56 Å². The number of amides is 1.